The van der Waals surface area contributed by atoms with Crippen LogP contribution in [-0.2, 0) is 0 Å². The first-order valence-electron chi connectivity index (χ1n) is 6.30. The van der Waals surface area contributed by atoms with Crippen molar-refractivity contribution in [1.29, 1.82) is 0 Å². The van der Waals surface area contributed by atoms with Crippen molar-refractivity contribution in [2.24, 2.45) is 17.8 Å². The van der Waals surface area contributed by atoms with Gasteiger partial charge in [-0.15, -0.1) is 0 Å². The first-order valence-corrected chi connectivity index (χ1v) is 6.30. The average molecular weight is 208 g/mol. The standard InChI is InChI=1S/C12H20N2O/c1-8(14-5-4-13-12(14)15)11-7-9-2-3-10(11)6-9/h8-11H,2-7H2,1H3,(H,13,15). The van der Waals surface area contributed by atoms with Gasteiger partial charge >= 0.3 is 6.03 Å². The summed E-state index contributed by atoms with van der Waals surface area (Å²) in [6.07, 6.45) is 5.66. The van der Waals surface area contributed by atoms with Crippen LogP contribution in [0.2, 0.25) is 0 Å². The fourth-order valence-electron chi connectivity index (χ4n) is 3.99. The summed E-state index contributed by atoms with van der Waals surface area (Å²) >= 11 is 0. The molecule has 3 fully saturated rings. The number of hydrogen-bond donors (Lipinski definition) is 1. The summed E-state index contributed by atoms with van der Waals surface area (Å²) in [4.78, 5) is 13.6. The third kappa shape index (κ3) is 1.44. The number of fused-ring (bicyclic) bond motifs is 2. The molecule has 0 spiro atoms. The maximum absolute atomic E-state index is 11.6. The van der Waals surface area contributed by atoms with Crippen LogP contribution < -0.4 is 5.32 Å². The van der Waals surface area contributed by atoms with Crippen LogP contribution in [0, 0.1) is 17.8 Å². The lowest BCUT2D eigenvalue weighted by atomic mass is 9.83. The number of urea groups is 1. The van der Waals surface area contributed by atoms with Gasteiger partial charge in [-0.2, -0.15) is 0 Å². The van der Waals surface area contributed by atoms with E-state index in [1.165, 1.54) is 25.7 Å². The summed E-state index contributed by atoms with van der Waals surface area (Å²) in [6, 6.07) is 0.619. The van der Waals surface area contributed by atoms with Crippen molar-refractivity contribution >= 4 is 6.03 Å². The molecule has 1 heterocycles. The zero-order valence-corrected chi connectivity index (χ0v) is 9.41. The first kappa shape index (κ1) is 9.49. The summed E-state index contributed by atoms with van der Waals surface area (Å²) < 4.78 is 0. The van der Waals surface area contributed by atoms with E-state index < -0.39 is 0 Å². The highest BCUT2D eigenvalue weighted by Gasteiger charge is 2.44. The van der Waals surface area contributed by atoms with Crippen LogP contribution in [0.4, 0.5) is 4.79 Å². The van der Waals surface area contributed by atoms with Gasteiger partial charge in [0, 0.05) is 19.1 Å². The molecule has 4 atom stereocenters. The Hall–Kier alpha value is -0.730. The number of nitrogens with zero attached hydrogens (tertiary/aromatic N) is 1. The number of hydrogen-bond acceptors (Lipinski definition) is 1. The van der Waals surface area contributed by atoms with Crippen molar-refractivity contribution in [2.75, 3.05) is 13.1 Å². The van der Waals surface area contributed by atoms with Gasteiger partial charge in [-0.3, -0.25) is 0 Å². The van der Waals surface area contributed by atoms with E-state index in [9.17, 15) is 4.79 Å². The molecule has 1 aliphatic heterocycles. The van der Waals surface area contributed by atoms with E-state index in [-0.39, 0.29) is 6.03 Å². The molecule has 0 aromatic heterocycles. The lowest BCUT2D eigenvalue weighted by Gasteiger charge is -2.33. The lowest BCUT2D eigenvalue weighted by molar-refractivity contribution is 0.152. The van der Waals surface area contributed by atoms with Gasteiger partial charge in [-0.1, -0.05) is 6.42 Å². The summed E-state index contributed by atoms with van der Waals surface area (Å²) in [5, 5.41) is 2.91. The Kier molecular flexibility index (Phi) is 2.15. The number of nitrogens with one attached hydrogen (secondary N) is 1. The SMILES string of the molecule is CC(C1CC2CCC1C2)N1CCNC1=O. The minimum atomic E-state index is 0.158. The molecule has 1 N–H and O–H groups in total. The highest BCUT2D eigenvalue weighted by molar-refractivity contribution is 5.76. The monoisotopic (exact) mass is 208 g/mol. The van der Waals surface area contributed by atoms with Crippen molar-refractivity contribution in [1.82, 2.24) is 10.2 Å². The normalized spacial score (nSPS) is 41.0. The largest absolute Gasteiger partial charge is 0.336 e. The zero-order chi connectivity index (χ0) is 10.4. The summed E-state index contributed by atoms with van der Waals surface area (Å²) in [5.74, 6) is 2.68. The Morgan fingerprint density at radius 2 is 2.27 bits per heavy atom. The molecule has 0 aromatic carbocycles. The number of carbonyl (C=O) groups is 1. The van der Waals surface area contributed by atoms with E-state index in [2.05, 4.69) is 12.2 Å². The Bertz CT molecular complexity index is 279. The van der Waals surface area contributed by atoms with Gasteiger partial charge in [0.2, 0.25) is 0 Å². The molecular formula is C12H20N2O. The summed E-state index contributed by atoms with van der Waals surface area (Å²) in [7, 11) is 0. The lowest BCUT2D eigenvalue weighted by Crippen LogP contribution is -2.42. The van der Waals surface area contributed by atoms with Gasteiger partial charge in [0.25, 0.3) is 0 Å². The Labute approximate surface area is 91.2 Å². The molecule has 2 aliphatic carbocycles. The summed E-state index contributed by atoms with van der Waals surface area (Å²) in [5.41, 5.74) is 0. The van der Waals surface area contributed by atoms with E-state index in [4.69, 9.17) is 0 Å². The second kappa shape index (κ2) is 3.39. The Balaban J connectivity index is 1.69. The van der Waals surface area contributed by atoms with Crippen molar-refractivity contribution < 1.29 is 4.79 Å². The Morgan fingerprint density at radius 3 is 2.80 bits per heavy atom. The Morgan fingerprint density at radius 1 is 1.40 bits per heavy atom. The molecule has 3 heteroatoms. The van der Waals surface area contributed by atoms with E-state index in [1.54, 1.807) is 0 Å². The summed E-state index contributed by atoms with van der Waals surface area (Å²) in [6.45, 7) is 3.99. The molecule has 0 radical (unpaired) electrons. The highest BCUT2D eigenvalue weighted by atomic mass is 16.2. The van der Waals surface area contributed by atoms with Gasteiger partial charge in [-0.25, -0.2) is 4.79 Å². The van der Waals surface area contributed by atoms with Crippen LogP contribution in [-0.4, -0.2) is 30.1 Å². The molecule has 3 nitrogen and oxygen atoms in total. The molecule has 4 unspecified atom stereocenters. The van der Waals surface area contributed by atoms with Gasteiger partial charge in [0.15, 0.2) is 0 Å². The van der Waals surface area contributed by atoms with Gasteiger partial charge < -0.3 is 10.2 Å². The highest BCUT2D eigenvalue weighted by Crippen LogP contribution is 2.50. The van der Waals surface area contributed by atoms with E-state index >= 15 is 0 Å². The third-order valence-corrected chi connectivity index (χ3v) is 4.79. The minimum Gasteiger partial charge on any atom is -0.336 e. The number of carbonyl (C=O) groups excluding carboxylic acids is 1. The molecular weight excluding hydrogens is 188 g/mol. The van der Waals surface area contributed by atoms with Crippen LogP contribution in [0.1, 0.15) is 32.6 Å². The first-order chi connectivity index (χ1) is 7.25. The number of rotatable bonds is 2. The van der Waals surface area contributed by atoms with Gasteiger partial charge in [0.1, 0.15) is 0 Å². The zero-order valence-electron chi connectivity index (χ0n) is 9.41. The van der Waals surface area contributed by atoms with E-state index in [0.29, 0.717) is 6.04 Å². The molecule has 1 saturated heterocycles. The molecule has 0 aromatic rings. The molecule has 2 amide bonds. The predicted octanol–water partition coefficient (Wildman–Crippen LogP) is 1.84. The van der Waals surface area contributed by atoms with Gasteiger partial charge in [0.05, 0.1) is 0 Å². The van der Waals surface area contributed by atoms with Crippen LogP contribution in [0.25, 0.3) is 0 Å². The quantitative estimate of drug-likeness (QED) is 0.738. The number of amides is 2. The molecule has 84 valence electrons. The van der Waals surface area contributed by atoms with Crippen molar-refractivity contribution in [2.45, 2.75) is 38.6 Å². The van der Waals surface area contributed by atoms with Crippen molar-refractivity contribution in [3.63, 3.8) is 0 Å². The average Bonchev–Trinajstić information content (AvgIpc) is 2.91. The smallest absolute Gasteiger partial charge is 0.317 e. The molecule has 3 aliphatic rings. The van der Waals surface area contributed by atoms with Gasteiger partial charge in [-0.05, 0) is 43.9 Å². The van der Waals surface area contributed by atoms with E-state index in [0.717, 1.165) is 30.8 Å². The maximum Gasteiger partial charge on any atom is 0.317 e. The molecule has 15 heavy (non-hydrogen) atoms. The van der Waals surface area contributed by atoms with Crippen LogP contribution >= 0.6 is 0 Å². The van der Waals surface area contributed by atoms with Crippen LogP contribution in [0.3, 0.4) is 0 Å². The van der Waals surface area contributed by atoms with Crippen molar-refractivity contribution in [3.8, 4) is 0 Å². The molecule has 2 saturated carbocycles. The predicted molar refractivity (Wildman–Crippen MR) is 58.5 cm³/mol. The fraction of sp³-hybridized carbons (Fsp3) is 0.917. The minimum absolute atomic E-state index is 0.158. The topological polar surface area (TPSA) is 32.3 Å². The third-order valence-electron chi connectivity index (χ3n) is 4.79. The second-order valence-corrected chi connectivity index (χ2v) is 5.50. The molecule has 3 rings (SSSR count). The van der Waals surface area contributed by atoms with Crippen LogP contribution in [0.5, 0.6) is 0 Å². The van der Waals surface area contributed by atoms with Crippen LogP contribution in [0.15, 0.2) is 0 Å². The van der Waals surface area contributed by atoms with E-state index in [1.807, 2.05) is 4.90 Å². The second-order valence-electron chi connectivity index (χ2n) is 5.50. The molecule has 2 bridgehead atoms. The fourth-order valence-corrected chi connectivity index (χ4v) is 3.99. The maximum atomic E-state index is 11.6. The van der Waals surface area contributed by atoms with Crippen molar-refractivity contribution in [3.05, 3.63) is 0 Å².